The Hall–Kier alpha value is -1.59. The summed E-state index contributed by atoms with van der Waals surface area (Å²) < 4.78 is 18.3. The van der Waals surface area contributed by atoms with Crippen LogP contribution in [0.5, 0.6) is 5.75 Å². The fourth-order valence-corrected chi connectivity index (χ4v) is 2.91. The highest BCUT2D eigenvalue weighted by Crippen LogP contribution is 2.26. The van der Waals surface area contributed by atoms with E-state index in [9.17, 15) is 4.39 Å². The molecule has 1 atom stereocenters. The lowest BCUT2D eigenvalue weighted by Crippen LogP contribution is -2.19. The van der Waals surface area contributed by atoms with E-state index in [4.69, 9.17) is 4.74 Å². The number of aromatic nitrogens is 1. The first-order valence-corrected chi connectivity index (χ1v) is 7.26. The Balaban J connectivity index is 2.05. The van der Waals surface area contributed by atoms with Crippen LogP contribution < -0.4 is 10.1 Å². The summed E-state index contributed by atoms with van der Waals surface area (Å²) >= 11 is 1.60. The van der Waals surface area contributed by atoms with Gasteiger partial charge in [-0.2, -0.15) is 0 Å². The summed E-state index contributed by atoms with van der Waals surface area (Å²) in [6, 6.07) is 8.71. The highest BCUT2D eigenvalue weighted by Gasteiger charge is 2.11. The first kappa shape index (κ1) is 14.8. The lowest BCUT2D eigenvalue weighted by Gasteiger charge is -2.16. The van der Waals surface area contributed by atoms with Crippen LogP contribution in [-0.2, 0) is 0 Å². The molecule has 0 fully saturated rings. The quantitative estimate of drug-likeness (QED) is 0.829. The van der Waals surface area contributed by atoms with Gasteiger partial charge in [0.1, 0.15) is 11.6 Å². The van der Waals surface area contributed by atoms with Crippen LogP contribution in [0.1, 0.15) is 11.6 Å². The van der Waals surface area contributed by atoms with Crippen LogP contribution in [0.4, 0.5) is 4.39 Å². The largest absolute Gasteiger partial charge is 0.495 e. The number of ether oxygens (including phenoxy) is 1. The van der Waals surface area contributed by atoms with Crippen molar-refractivity contribution in [3.8, 4) is 5.75 Å². The zero-order valence-corrected chi connectivity index (χ0v) is 12.3. The second-order valence-electron chi connectivity index (χ2n) is 4.27. The third kappa shape index (κ3) is 3.95. The predicted molar refractivity (Wildman–Crippen MR) is 79.7 cm³/mol. The summed E-state index contributed by atoms with van der Waals surface area (Å²) in [6.45, 7) is 0. The van der Waals surface area contributed by atoms with Crippen LogP contribution >= 0.6 is 11.8 Å². The minimum absolute atomic E-state index is 0.130. The molecule has 1 heterocycles. The number of rotatable bonds is 6. The zero-order valence-electron chi connectivity index (χ0n) is 11.5. The van der Waals surface area contributed by atoms with Crippen molar-refractivity contribution in [1.29, 1.82) is 0 Å². The number of hydrogen-bond acceptors (Lipinski definition) is 4. The van der Waals surface area contributed by atoms with Crippen molar-refractivity contribution in [2.24, 2.45) is 0 Å². The van der Waals surface area contributed by atoms with Gasteiger partial charge in [0.15, 0.2) is 0 Å². The van der Waals surface area contributed by atoms with Crippen LogP contribution in [0.3, 0.4) is 0 Å². The molecular formula is C15H17FN2OS. The molecule has 20 heavy (non-hydrogen) atoms. The highest BCUT2D eigenvalue weighted by atomic mass is 32.2. The number of benzene rings is 1. The molecule has 5 heteroatoms. The lowest BCUT2D eigenvalue weighted by molar-refractivity contribution is 0.411. The lowest BCUT2D eigenvalue weighted by atomic mass is 10.1. The SMILES string of the molecule is CNC(CSc1cccc(F)c1)c1cncc(OC)c1. The van der Waals surface area contributed by atoms with Gasteiger partial charge in [-0.05, 0) is 36.9 Å². The fraction of sp³-hybridized carbons (Fsp3) is 0.267. The fourth-order valence-electron chi connectivity index (χ4n) is 1.82. The molecule has 106 valence electrons. The molecule has 0 bridgehead atoms. The van der Waals surface area contributed by atoms with E-state index in [-0.39, 0.29) is 11.9 Å². The molecule has 3 nitrogen and oxygen atoms in total. The Bertz CT molecular complexity index is 565. The molecule has 0 aliphatic heterocycles. The topological polar surface area (TPSA) is 34.2 Å². The minimum atomic E-state index is -0.209. The molecule has 0 amide bonds. The van der Waals surface area contributed by atoms with E-state index in [1.54, 1.807) is 37.2 Å². The molecule has 2 aromatic rings. The van der Waals surface area contributed by atoms with E-state index in [2.05, 4.69) is 10.3 Å². The van der Waals surface area contributed by atoms with E-state index in [1.165, 1.54) is 6.07 Å². The molecule has 0 spiro atoms. The number of methoxy groups -OCH3 is 1. The molecule has 0 radical (unpaired) electrons. The molecule has 0 saturated heterocycles. The van der Waals surface area contributed by atoms with Gasteiger partial charge >= 0.3 is 0 Å². The third-order valence-electron chi connectivity index (χ3n) is 2.93. The molecule has 2 rings (SSSR count). The van der Waals surface area contributed by atoms with Crippen molar-refractivity contribution in [3.63, 3.8) is 0 Å². The molecule has 1 aromatic carbocycles. The van der Waals surface area contributed by atoms with Gasteiger partial charge in [-0.1, -0.05) is 6.07 Å². The maximum atomic E-state index is 13.1. The van der Waals surface area contributed by atoms with Crippen molar-refractivity contribution in [2.75, 3.05) is 19.9 Å². The summed E-state index contributed by atoms with van der Waals surface area (Å²) in [7, 11) is 3.52. The van der Waals surface area contributed by atoms with Crippen LogP contribution in [0.15, 0.2) is 47.6 Å². The number of nitrogens with one attached hydrogen (secondary N) is 1. The maximum Gasteiger partial charge on any atom is 0.137 e. The molecular weight excluding hydrogens is 275 g/mol. The monoisotopic (exact) mass is 292 g/mol. The summed E-state index contributed by atoms with van der Waals surface area (Å²) in [5.41, 5.74) is 1.05. The normalized spacial score (nSPS) is 12.2. The van der Waals surface area contributed by atoms with E-state index in [0.717, 1.165) is 22.0 Å². The summed E-state index contributed by atoms with van der Waals surface area (Å²) in [4.78, 5) is 5.08. The summed E-state index contributed by atoms with van der Waals surface area (Å²) in [5.74, 6) is 1.31. The predicted octanol–water partition coefficient (Wildman–Crippen LogP) is 3.28. The van der Waals surface area contributed by atoms with E-state index >= 15 is 0 Å². The van der Waals surface area contributed by atoms with Gasteiger partial charge in [0, 0.05) is 22.9 Å². The Morgan fingerprint density at radius 2 is 2.20 bits per heavy atom. The Labute approximate surface area is 122 Å². The van der Waals surface area contributed by atoms with E-state index in [1.807, 2.05) is 25.4 Å². The summed E-state index contributed by atoms with van der Waals surface area (Å²) in [5, 5.41) is 3.24. The second kappa shape index (κ2) is 7.26. The highest BCUT2D eigenvalue weighted by molar-refractivity contribution is 7.99. The Kier molecular flexibility index (Phi) is 5.38. The maximum absolute atomic E-state index is 13.1. The number of thioether (sulfide) groups is 1. The smallest absolute Gasteiger partial charge is 0.137 e. The van der Waals surface area contributed by atoms with Crippen LogP contribution in [-0.4, -0.2) is 24.9 Å². The average Bonchev–Trinajstić information content (AvgIpc) is 2.48. The van der Waals surface area contributed by atoms with Crippen molar-refractivity contribution >= 4 is 11.8 Å². The zero-order chi connectivity index (χ0) is 14.4. The molecule has 0 saturated carbocycles. The standard InChI is InChI=1S/C15H17FN2OS/c1-17-15(11-6-13(19-2)9-18-8-11)10-20-14-5-3-4-12(16)7-14/h3-9,15,17H,10H2,1-2H3. The van der Waals surface area contributed by atoms with Gasteiger partial charge in [0.2, 0.25) is 0 Å². The second-order valence-corrected chi connectivity index (χ2v) is 5.36. The van der Waals surface area contributed by atoms with Gasteiger partial charge < -0.3 is 10.1 Å². The first-order valence-electron chi connectivity index (χ1n) is 6.27. The van der Waals surface area contributed by atoms with E-state index < -0.39 is 0 Å². The van der Waals surface area contributed by atoms with Crippen molar-refractivity contribution in [1.82, 2.24) is 10.3 Å². The number of pyridine rings is 1. The van der Waals surface area contributed by atoms with Crippen molar-refractivity contribution in [3.05, 3.63) is 54.1 Å². The number of halogens is 1. The Morgan fingerprint density at radius 3 is 2.90 bits per heavy atom. The molecule has 0 aliphatic carbocycles. The molecule has 1 aromatic heterocycles. The Morgan fingerprint density at radius 1 is 1.35 bits per heavy atom. The first-order chi connectivity index (χ1) is 9.72. The van der Waals surface area contributed by atoms with Gasteiger partial charge in [0.25, 0.3) is 0 Å². The van der Waals surface area contributed by atoms with E-state index in [0.29, 0.717) is 0 Å². The molecule has 0 aliphatic rings. The van der Waals surface area contributed by atoms with Gasteiger partial charge in [-0.15, -0.1) is 11.8 Å². The van der Waals surface area contributed by atoms with Gasteiger partial charge in [-0.3, -0.25) is 4.98 Å². The molecule has 1 N–H and O–H groups in total. The van der Waals surface area contributed by atoms with Crippen LogP contribution in [0.2, 0.25) is 0 Å². The molecule has 1 unspecified atom stereocenters. The van der Waals surface area contributed by atoms with Crippen LogP contribution in [0.25, 0.3) is 0 Å². The van der Waals surface area contributed by atoms with Crippen molar-refractivity contribution in [2.45, 2.75) is 10.9 Å². The average molecular weight is 292 g/mol. The van der Waals surface area contributed by atoms with Crippen LogP contribution in [0, 0.1) is 5.82 Å². The minimum Gasteiger partial charge on any atom is -0.495 e. The third-order valence-corrected chi connectivity index (χ3v) is 4.02. The van der Waals surface area contributed by atoms with Gasteiger partial charge in [0.05, 0.1) is 13.3 Å². The number of hydrogen-bond donors (Lipinski definition) is 1. The number of nitrogens with zero attached hydrogens (tertiary/aromatic N) is 1. The van der Waals surface area contributed by atoms with Gasteiger partial charge in [-0.25, -0.2) is 4.39 Å². The summed E-state index contributed by atoms with van der Waals surface area (Å²) in [6.07, 6.45) is 3.49. The van der Waals surface area contributed by atoms with Crippen molar-refractivity contribution < 1.29 is 9.13 Å².